The van der Waals surface area contributed by atoms with E-state index in [2.05, 4.69) is 5.32 Å². The smallest absolute Gasteiger partial charge is 0.255 e. The molecule has 116 valence electrons. The first-order valence-corrected chi connectivity index (χ1v) is 6.62. The van der Waals surface area contributed by atoms with E-state index in [9.17, 15) is 13.6 Å². The van der Waals surface area contributed by atoms with Gasteiger partial charge in [-0.3, -0.25) is 4.79 Å². The van der Waals surface area contributed by atoms with Crippen LogP contribution in [0.15, 0.2) is 36.4 Å². The second kappa shape index (κ2) is 6.89. The molecule has 0 aliphatic carbocycles. The molecule has 2 aromatic rings. The van der Waals surface area contributed by atoms with Crippen LogP contribution in [0.2, 0.25) is 0 Å². The highest BCUT2D eigenvalue weighted by Gasteiger charge is 2.13. The van der Waals surface area contributed by atoms with Crippen molar-refractivity contribution < 1.29 is 23.0 Å². The fourth-order valence-corrected chi connectivity index (χ4v) is 1.87. The number of amides is 1. The lowest BCUT2D eigenvalue weighted by molar-refractivity contribution is 0.102. The van der Waals surface area contributed by atoms with Gasteiger partial charge in [0.05, 0.1) is 19.4 Å². The van der Waals surface area contributed by atoms with Gasteiger partial charge in [0, 0.05) is 11.6 Å². The molecule has 0 fully saturated rings. The Bertz CT molecular complexity index is 689. The maximum Gasteiger partial charge on any atom is 0.255 e. The third kappa shape index (κ3) is 3.52. The van der Waals surface area contributed by atoms with Crippen LogP contribution in [-0.4, -0.2) is 19.6 Å². The third-order valence-corrected chi connectivity index (χ3v) is 2.90. The molecule has 22 heavy (non-hydrogen) atoms. The van der Waals surface area contributed by atoms with E-state index in [4.69, 9.17) is 9.47 Å². The summed E-state index contributed by atoms with van der Waals surface area (Å²) in [6, 6.07) is 7.54. The largest absolute Gasteiger partial charge is 0.493 e. The molecule has 0 spiro atoms. The van der Waals surface area contributed by atoms with Gasteiger partial charge in [0.1, 0.15) is 11.6 Å². The summed E-state index contributed by atoms with van der Waals surface area (Å²) in [6.07, 6.45) is 0. The molecule has 0 aromatic heterocycles. The van der Waals surface area contributed by atoms with Crippen LogP contribution in [0.3, 0.4) is 0 Å². The monoisotopic (exact) mass is 307 g/mol. The zero-order valence-corrected chi connectivity index (χ0v) is 12.2. The number of rotatable bonds is 5. The minimum absolute atomic E-state index is 0.0971. The van der Waals surface area contributed by atoms with Crippen LogP contribution in [0.5, 0.6) is 11.5 Å². The highest BCUT2D eigenvalue weighted by atomic mass is 19.1. The highest BCUT2D eigenvalue weighted by molar-refractivity contribution is 6.04. The average Bonchev–Trinajstić information content (AvgIpc) is 2.50. The Kier molecular flexibility index (Phi) is 4.93. The van der Waals surface area contributed by atoms with Gasteiger partial charge < -0.3 is 14.8 Å². The van der Waals surface area contributed by atoms with Crippen LogP contribution < -0.4 is 14.8 Å². The fraction of sp³-hybridized carbons (Fsp3) is 0.188. The normalized spacial score (nSPS) is 10.2. The number of halogens is 2. The predicted octanol–water partition coefficient (Wildman–Crippen LogP) is 3.62. The quantitative estimate of drug-likeness (QED) is 0.917. The van der Waals surface area contributed by atoms with E-state index in [0.717, 1.165) is 12.1 Å². The van der Waals surface area contributed by atoms with Crippen LogP contribution in [0.4, 0.5) is 14.5 Å². The number of benzene rings is 2. The Labute approximate surface area is 126 Å². The van der Waals surface area contributed by atoms with Crippen molar-refractivity contribution in [2.24, 2.45) is 0 Å². The summed E-state index contributed by atoms with van der Waals surface area (Å²) >= 11 is 0. The number of anilines is 1. The molecule has 2 rings (SSSR count). The third-order valence-electron chi connectivity index (χ3n) is 2.90. The van der Waals surface area contributed by atoms with E-state index in [-0.39, 0.29) is 11.3 Å². The van der Waals surface area contributed by atoms with E-state index in [0.29, 0.717) is 24.2 Å². The first-order valence-electron chi connectivity index (χ1n) is 6.62. The zero-order valence-electron chi connectivity index (χ0n) is 12.2. The molecule has 1 amide bonds. The van der Waals surface area contributed by atoms with Crippen molar-refractivity contribution in [3.8, 4) is 11.5 Å². The van der Waals surface area contributed by atoms with Crippen LogP contribution in [0.1, 0.15) is 17.3 Å². The Balaban J connectivity index is 2.23. The molecule has 0 saturated heterocycles. The lowest BCUT2D eigenvalue weighted by Gasteiger charge is -2.11. The Morgan fingerprint density at radius 1 is 1.14 bits per heavy atom. The van der Waals surface area contributed by atoms with Crippen molar-refractivity contribution in [3.63, 3.8) is 0 Å². The lowest BCUT2D eigenvalue weighted by atomic mass is 10.1. The molecule has 2 aromatic carbocycles. The van der Waals surface area contributed by atoms with Gasteiger partial charge in [0.25, 0.3) is 5.91 Å². The number of carbonyl (C=O) groups is 1. The first-order chi connectivity index (χ1) is 10.5. The second-order valence-corrected chi connectivity index (χ2v) is 4.38. The van der Waals surface area contributed by atoms with Gasteiger partial charge in [0.2, 0.25) is 0 Å². The van der Waals surface area contributed by atoms with Crippen LogP contribution in [0, 0.1) is 11.6 Å². The van der Waals surface area contributed by atoms with Gasteiger partial charge >= 0.3 is 0 Å². The number of hydrogen-bond donors (Lipinski definition) is 1. The van der Waals surface area contributed by atoms with Gasteiger partial charge in [-0.2, -0.15) is 0 Å². The van der Waals surface area contributed by atoms with Crippen molar-refractivity contribution in [2.45, 2.75) is 6.92 Å². The van der Waals surface area contributed by atoms with Crippen molar-refractivity contribution >= 4 is 11.6 Å². The van der Waals surface area contributed by atoms with E-state index in [1.54, 1.807) is 13.0 Å². The van der Waals surface area contributed by atoms with Gasteiger partial charge in [0.15, 0.2) is 11.5 Å². The maximum atomic E-state index is 13.5. The summed E-state index contributed by atoms with van der Waals surface area (Å²) in [7, 11) is 1.49. The molecule has 0 radical (unpaired) electrons. The number of carbonyl (C=O) groups excluding carboxylic acids is 1. The van der Waals surface area contributed by atoms with Gasteiger partial charge in [-0.25, -0.2) is 8.78 Å². The molecular weight excluding hydrogens is 292 g/mol. The van der Waals surface area contributed by atoms with E-state index >= 15 is 0 Å². The molecule has 0 aliphatic rings. The molecule has 0 heterocycles. The van der Waals surface area contributed by atoms with Crippen LogP contribution >= 0.6 is 0 Å². The summed E-state index contributed by atoms with van der Waals surface area (Å²) in [5.74, 6) is -1.18. The summed E-state index contributed by atoms with van der Waals surface area (Å²) in [5.41, 5.74) is 0.174. The Morgan fingerprint density at radius 2 is 1.91 bits per heavy atom. The molecule has 6 heteroatoms. The molecule has 0 unspecified atom stereocenters. The fourth-order valence-electron chi connectivity index (χ4n) is 1.87. The van der Waals surface area contributed by atoms with E-state index in [1.807, 2.05) is 0 Å². The maximum absolute atomic E-state index is 13.5. The van der Waals surface area contributed by atoms with Crippen molar-refractivity contribution in [1.29, 1.82) is 0 Å². The summed E-state index contributed by atoms with van der Waals surface area (Å²) in [4.78, 5) is 12.1. The van der Waals surface area contributed by atoms with Crippen LogP contribution in [-0.2, 0) is 0 Å². The topological polar surface area (TPSA) is 47.6 Å². The number of methoxy groups -OCH3 is 1. The SMILES string of the molecule is CCOc1cc(C(=O)Nc2ccc(F)cc2F)ccc1OC. The summed E-state index contributed by atoms with van der Waals surface area (Å²) in [6.45, 7) is 2.22. The first kappa shape index (κ1) is 15.8. The highest BCUT2D eigenvalue weighted by Crippen LogP contribution is 2.28. The number of hydrogen-bond acceptors (Lipinski definition) is 3. The van der Waals surface area contributed by atoms with Crippen molar-refractivity contribution in [1.82, 2.24) is 0 Å². The minimum Gasteiger partial charge on any atom is -0.493 e. The van der Waals surface area contributed by atoms with E-state index in [1.165, 1.54) is 19.2 Å². The lowest BCUT2D eigenvalue weighted by Crippen LogP contribution is -2.13. The molecule has 0 atom stereocenters. The number of nitrogens with one attached hydrogen (secondary N) is 1. The average molecular weight is 307 g/mol. The van der Waals surface area contributed by atoms with Crippen molar-refractivity contribution in [3.05, 3.63) is 53.6 Å². The second-order valence-electron chi connectivity index (χ2n) is 4.38. The van der Waals surface area contributed by atoms with Crippen LogP contribution in [0.25, 0.3) is 0 Å². The number of ether oxygens (including phenoxy) is 2. The predicted molar refractivity (Wildman–Crippen MR) is 78.5 cm³/mol. The van der Waals surface area contributed by atoms with Crippen molar-refractivity contribution in [2.75, 3.05) is 19.0 Å². The molecule has 0 saturated carbocycles. The van der Waals surface area contributed by atoms with Gasteiger partial charge in [-0.15, -0.1) is 0 Å². The molecule has 4 nitrogen and oxygen atoms in total. The van der Waals surface area contributed by atoms with Gasteiger partial charge in [-0.1, -0.05) is 0 Å². The zero-order chi connectivity index (χ0) is 16.1. The van der Waals surface area contributed by atoms with Gasteiger partial charge in [-0.05, 0) is 37.3 Å². The summed E-state index contributed by atoms with van der Waals surface area (Å²) < 4.78 is 36.9. The minimum atomic E-state index is -0.841. The van der Waals surface area contributed by atoms with E-state index < -0.39 is 17.5 Å². The summed E-state index contributed by atoms with van der Waals surface area (Å²) in [5, 5.41) is 2.38. The molecule has 0 aliphatic heterocycles. The Morgan fingerprint density at radius 3 is 2.55 bits per heavy atom. The molecule has 0 bridgehead atoms. The Hall–Kier alpha value is -2.63. The molecule has 1 N–H and O–H groups in total. The molecular formula is C16H15F2NO3. The standard InChI is InChI=1S/C16H15F2NO3/c1-3-22-15-8-10(4-7-14(15)21-2)16(20)19-13-6-5-11(17)9-12(13)18/h4-9H,3H2,1-2H3,(H,19,20).